The molecule has 2 aromatic rings. The lowest BCUT2D eigenvalue weighted by Crippen LogP contribution is -2.26. The molecule has 4 heteroatoms. The van der Waals surface area contributed by atoms with Crippen LogP contribution >= 0.6 is 0 Å². The Balaban J connectivity index is 2.43. The fraction of sp³-hybridized carbons (Fsp3) is 0.375. The summed E-state index contributed by atoms with van der Waals surface area (Å²) < 4.78 is 6.94. The molecule has 1 heterocycles. The summed E-state index contributed by atoms with van der Waals surface area (Å²) in [5.74, 6) is 0. The minimum Gasteiger partial charge on any atom is -0.443 e. The molecule has 104 valence electrons. The minimum atomic E-state index is -0.529. The first-order valence-electron chi connectivity index (χ1n) is 6.58. The van der Waals surface area contributed by atoms with Crippen molar-refractivity contribution in [3.63, 3.8) is 0 Å². The van der Waals surface area contributed by atoms with Crippen LogP contribution in [-0.4, -0.2) is 22.8 Å². The summed E-state index contributed by atoms with van der Waals surface area (Å²) in [6.07, 6.45) is 2.03. The van der Waals surface area contributed by atoms with Gasteiger partial charge in [-0.25, -0.2) is 11.4 Å². The summed E-state index contributed by atoms with van der Waals surface area (Å²) in [5.41, 5.74) is 1.29. The quantitative estimate of drug-likeness (QED) is 0.776. The largest absolute Gasteiger partial charge is 0.443 e. The average molecular weight is 270 g/mol. The Hall–Kier alpha value is -2.28. The molecule has 0 radical (unpaired) electrons. The Morgan fingerprint density at radius 1 is 1.35 bits per heavy atom. The van der Waals surface area contributed by atoms with E-state index in [1.165, 1.54) is 4.57 Å². The second-order valence-electron chi connectivity index (χ2n) is 5.65. The Bertz CT molecular complexity index is 672. The summed E-state index contributed by atoms with van der Waals surface area (Å²) in [4.78, 5) is 15.6. The van der Waals surface area contributed by atoms with E-state index in [2.05, 4.69) is 4.85 Å². The molecule has 0 saturated carbocycles. The van der Waals surface area contributed by atoms with Gasteiger partial charge in [-0.2, -0.15) is 0 Å². The van der Waals surface area contributed by atoms with Crippen molar-refractivity contribution in [3.05, 3.63) is 47.4 Å². The van der Waals surface area contributed by atoms with E-state index in [9.17, 15) is 4.79 Å². The van der Waals surface area contributed by atoms with Gasteiger partial charge in [0, 0.05) is 18.0 Å². The number of ether oxygens (including phenoxy) is 1. The molecule has 0 spiro atoms. The number of aromatic nitrogens is 1. The molecule has 0 bridgehead atoms. The van der Waals surface area contributed by atoms with Crippen LogP contribution in [0.1, 0.15) is 26.3 Å². The predicted octanol–water partition coefficient (Wildman–Crippen LogP) is 3.89. The van der Waals surface area contributed by atoms with Gasteiger partial charge in [0.05, 0.1) is 5.52 Å². The van der Waals surface area contributed by atoms with E-state index in [-0.39, 0.29) is 6.09 Å². The number of benzene rings is 1. The Kier molecular flexibility index (Phi) is 3.80. The molecule has 0 saturated heterocycles. The average Bonchev–Trinajstić information content (AvgIpc) is 2.73. The first kappa shape index (κ1) is 14.1. The maximum absolute atomic E-state index is 12.2. The van der Waals surface area contributed by atoms with Crippen molar-refractivity contribution >= 4 is 17.0 Å². The van der Waals surface area contributed by atoms with Crippen molar-refractivity contribution in [3.8, 4) is 0 Å². The maximum Gasteiger partial charge on any atom is 0.419 e. The van der Waals surface area contributed by atoms with Crippen LogP contribution in [0.3, 0.4) is 0 Å². The number of para-hydroxylation sites is 1. The van der Waals surface area contributed by atoms with Gasteiger partial charge in [0.15, 0.2) is 0 Å². The first-order valence-corrected chi connectivity index (χ1v) is 6.58. The topological polar surface area (TPSA) is 35.6 Å². The molecule has 0 unspecified atom stereocenters. The zero-order valence-corrected chi connectivity index (χ0v) is 12.0. The third-order valence-corrected chi connectivity index (χ3v) is 2.88. The summed E-state index contributed by atoms with van der Waals surface area (Å²) in [7, 11) is 0. The first-order chi connectivity index (χ1) is 9.42. The van der Waals surface area contributed by atoms with Gasteiger partial charge in [0.2, 0.25) is 6.54 Å². The van der Waals surface area contributed by atoms with Crippen LogP contribution in [-0.2, 0) is 11.2 Å². The number of hydrogen-bond donors (Lipinski definition) is 0. The third kappa shape index (κ3) is 3.00. The lowest BCUT2D eigenvalue weighted by Gasteiger charge is -2.19. The highest BCUT2D eigenvalue weighted by Crippen LogP contribution is 2.23. The maximum atomic E-state index is 12.2. The van der Waals surface area contributed by atoms with E-state index in [0.29, 0.717) is 13.0 Å². The molecule has 2 rings (SSSR count). The van der Waals surface area contributed by atoms with E-state index in [1.807, 2.05) is 45.0 Å². The van der Waals surface area contributed by atoms with Crippen molar-refractivity contribution in [2.45, 2.75) is 32.8 Å². The lowest BCUT2D eigenvalue weighted by molar-refractivity contribution is 0.0544. The van der Waals surface area contributed by atoms with Crippen LogP contribution < -0.4 is 0 Å². The van der Waals surface area contributed by atoms with Crippen molar-refractivity contribution in [2.24, 2.45) is 0 Å². The van der Waals surface area contributed by atoms with E-state index >= 15 is 0 Å². The highest BCUT2D eigenvalue weighted by atomic mass is 16.6. The molecular weight excluding hydrogens is 252 g/mol. The fourth-order valence-electron chi connectivity index (χ4n) is 2.09. The van der Waals surface area contributed by atoms with Crippen LogP contribution in [0, 0.1) is 6.57 Å². The molecule has 0 atom stereocenters. The summed E-state index contributed by atoms with van der Waals surface area (Å²) >= 11 is 0. The summed E-state index contributed by atoms with van der Waals surface area (Å²) in [5, 5.41) is 1.00. The Labute approximate surface area is 118 Å². The van der Waals surface area contributed by atoms with Gasteiger partial charge in [-0.3, -0.25) is 4.57 Å². The van der Waals surface area contributed by atoms with Crippen LogP contribution in [0.4, 0.5) is 4.79 Å². The van der Waals surface area contributed by atoms with E-state index < -0.39 is 5.60 Å². The van der Waals surface area contributed by atoms with Crippen LogP contribution in [0.5, 0.6) is 0 Å². The molecule has 0 fully saturated rings. The smallest absolute Gasteiger partial charge is 0.419 e. The second-order valence-corrected chi connectivity index (χ2v) is 5.65. The van der Waals surface area contributed by atoms with Gasteiger partial charge < -0.3 is 9.58 Å². The lowest BCUT2D eigenvalue weighted by atomic mass is 10.1. The second kappa shape index (κ2) is 5.38. The van der Waals surface area contributed by atoms with Crippen LogP contribution in [0.15, 0.2) is 30.5 Å². The number of nitrogens with zero attached hydrogens (tertiary/aromatic N) is 2. The Morgan fingerprint density at radius 2 is 2.05 bits per heavy atom. The molecule has 4 nitrogen and oxygen atoms in total. The van der Waals surface area contributed by atoms with Gasteiger partial charge in [-0.05, 0) is 32.4 Å². The van der Waals surface area contributed by atoms with Crippen molar-refractivity contribution < 1.29 is 9.53 Å². The fourth-order valence-corrected chi connectivity index (χ4v) is 2.09. The van der Waals surface area contributed by atoms with Gasteiger partial charge in [0.1, 0.15) is 5.60 Å². The molecular formula is C16H18N2O2. The van der Waals surface area contributed by atoms with Crippen LogP contribution in [0.2, 0.25) is 0 Å². The molecule has 0 aliphatic heterocycles. The SMILES string of the molecule is [C-]#[N+]CCc1cn(C(=O)OC(C)(C)C)c2ccccc12. The summed E-state index contributed by atoms with van der Waals surface area (Å²) in [6.45, 7) is 12.8. The van der Waals surface area contributed by atoms with Crippen molar-refractivity contribution in [1.29, 1.82) is 0 Å². The van der Waals surface area contributed by atoms with E-state index in [0.717, 1.165) is 16.5 Å². The third-order valence-electron chi connectivity index (χ3n) is 2.88. The van der Waals surface area contributed by atoms with Gasteiger partial charge in [-0.1, -0.05) is 18.2 Å². The molecule has 1 aromatic carbocycles. The van der Waals surface area contributed by atoms with E-state index in [1.54, 1.807) is 6.20 Å². The van der Waals surface area contributed by atoms with Gasteiger partial charge in [0.25, 0.3) is 0 Å². The Morgan fingerprint density at radius 3 is 2.70 bits per heavy atom. The predicted molar refractivity (Wildman–Crippen MR) is 78.7 cm³/mol. The molecule has 0 amide bonds. The number of carbonyl (C=O) groups excluding carboxylic acids is 1. The van der Waals surface area contributed by atoms with Crippen LogP contribution in [0.25, 0.3) is 15.7 Å². The van der Waals surface area contributed by atoms with E-state index in [4.69, 9.17) is 11.3 Å². The standard InChI is InChI=1S/C16H18N2O2/c1-16(2,3)20-15(19)18-11-12(9-10-17-4)13-7-5-6-8-14(13)18/h5-8,11H,9-10H2,1-3H3. The van der Waals surface area contributed by atoms with Crippen molar-refractivity contribution in [1.82, 2.24) is 4.57 Å². The molecule has 0 aliphatic carbocycles. The molecule has 0 N–H and O–H groups in total. The van der Waals surface area contributed by atoms with Gasteiger partial charge in [-0.15, -0.1) is 0 Å². The summed E-state index contributed by atoms with van der Waals surface area (Å²) in [6, 6.07) is 7.68. The zero-order chi connectivity index (χ0) is 14.8. The highest BCUT2D eigenvalue weighted by Gasteiger charge is 2.20. The number of fused-ring (bicyclic) bond motifs is 1. The zero-order valence-electron chi connectivity index (χ0n) is 12.0. The monoisotopic (exact) mass is 270 g/mol. The van der Waals surface area contributed by atoms with Gasteiger partial charge >= 0.3 is 6.09 Å². The molecule has 1 aromatic heterocycles. The number of hydrogen-bond acceptors (Lipinski definition) is 2. The normalized spacial score (nSPS) is 11.3. The number of carbonyl (C=O) groups is 1. The molecule has 20 heavy (non-hydrogen) atoms. The highest BCUT2D eigenvalue weighted by molar-refractivity contribution is 5.92. The minimum absolute atomic E-state index is 0.386. The van der Waals surface area contributed by atoms with Crippen molar-refractivity contribution in [2.75, 3.05) is 6.54 Å². The molecule has 0 aliphatic rings. The number of rotatable bonds is 2.